The first-order chi connectivity index (χ1) is 11.1. The van der Waals surface area contributed by atoms with Gasteiger partial charge in [-0.1, -0.05) is 6.07 Å². The van der Waals surface area contributed by atoms with Gasteiger partial charge in [0.2, 0.25) is 5.91 Å². The number of carbonyl (C=O) groups excluding carboxylic acids is 1. The number of nitrogens with one attached hydrogen (secondary N) is 1. The Labute approximate surface area is 162 Å². The highest BCUT2D eigenvalue weighted by atomic mass is 35.5. The van der Waals surface area contributed by atoms with Crippen LogP contribution in [0.2, 0.25) is 0 Å². The largest absolute Gasteiger partial charge is 0.354 e. The molecule has 1 unspecified atom stereocenters. The van der Waals surface area contributed by atoms with Crippen LogP contribution in [0.5, 0.6) is 0 Å². The van der Waals surface area contributed by atoms with Gasteiger partial charge in [0, 0.05) is 38.9 Å². The highest BCUT2D eigenvalue weighted by Gasteiger charge is 2.41. The van der Waals surface area contributed by atoms with Crippen LogP contribution in [-0.2, 0) is 4.79 Å². The van der Waals surface area contributed by atoms with Crippen LogP contribution in [0.15, 0.2) is 24.4 Å². The molecule has 1 aromatic heterocycles. The zero-order valence-electron chi connectivity index (χ0n) is 14.7. The first-order valence-corrected chi connectivity index (χ1v) is 8.50. The van der Waals surface area contributed by atoms with Crippen LogP contribution in [0.25, 0.3) is 0 Å². The van der Waals surface area contributed by atoms with E-state index in [9.17, 15) is 4.79 Å². The summed E-state index contributed by atoms with van der Waals surface area (Å²) in [6, 6.07) is 5.97. The van der Waals surface area contributed by atoms with E-state index >= 15 is 0 Å². The summed E-state index contributed by atoms with van der Waals surface area (Å²) in [5, 5.41) is 3.16. The molecule has 142 valence electrons. The van der Waals surface area contributed by atoms with E-state index in [2.05, 4.69) is 27.0 Å². The Morgan fingerprint density at radius 2 is 1.96 bits per heavy atom. The summed E-state index contributed by atoms with van der Waals surface area (Å²) in [6.45, 7) is 6.61. The van der Waals surface area contributed by atoms with E-state index in [4.69, 9.17) is 5.73 Å². The Kier molecular flexibility index (Phi) is 8.41. The summed E-state index contributed by atoms with van der Waals surface area (Å²) in [5.74, 6) is 1.66. The molecule has 0 bridgehead atoms. The Morgan fingerprint density at radius 1 is 1.28 bits per heavy atom. The monoisotopic (exact) mass is 389 g/mol. The number of aromatic nitrogens is 1. The first kappa shape index (κ1) is 22.0. The number of halogens is 2. The molecule has 3 rings (SSSR count). The van der Waals surface area contributed by atoms with Crippen LogP contribution in [0, 0.1) is 5.92 Å². The summed E-state index contributed by atoms with van der Waals surface area (Å²) in [4.78, 5) is 21.2. The molecule has 1 saturated carbocycles. The molecule has 2 heterocycles. The van der Waals surface area contributed by atoms with Crippen molar-refractivity contribution in [2.45, 2.75) is 25.3 Å². The average molecular weight is 390 g/mol. The number of rotatable bonds is 6. The number of amides is 1. The van der Waals surface area contributed by atoms with Gasteiger partial charge in [-0.15, -0.1) is 24.8 Å². The fraction of sp³-hybridized carbons (Fsp3) is 0.647. The summed E-state index contributed by atoms with van der Waals surface area (Å²) < 4.78 is 0. The van der Waals surface area contributed by atoms with E-state index in [1.807, 2.05) is 24.4 Å². The molecular weight excluding hydrogens is 361 g/mol. The van der Waals surface area contributed by atoms with Crippen LogP contribution in [0.4, 0.5) is 5.82 Å². The van der Waals surface area contributed by atoms with E-state index in [0.717, 1.165) is 32.0 Å². The zero-order chi connectivity index (χ0) is 16.3. The van der Waals surface area contributed by atoms with E-state index in [1.54, 1.807) is 0 Å². The quantitative estimate of drug-likeness (QED) is 0.766. The fourth-order valence-corrected chi connectivity index (χ4v) is 3.28. The molecule has 1 saturated heterocycles. The van der Waals surface area contributed by atoms with Gasteiger partial charge in [-0.2, -0.15) is 0 Å². The van der Waals surface area contributed by atoms with Gasteiger partial charge in [0.1, 0.15) is 5.82 Å². The minimum atomic E-state index is -0.229. The van der Waals surface area contributed by atoms with Crippen molar-refractivity contribution in [3.63, 3.8) is 0 Å². The number of hydrogen-bond donors (Lipinski definition) is 2. The van der Waals surface area contributed by atoms with Gasteiger partial charge >= 0.3 is 0 Å². The van der Waals surface area contributed by atoms with Crippen molar-refractivity contribution >= 4 is 36.5 Å². The van der Waals surface area contributed by atoms with Gasteiger partial charge in [-0.25, -0.2) is 4.98 Å². The molecule has 3 N–H and O–H groups in total. The molecule has 0 spiro atoms. The summed E-state index contributed by atoms with van der Waals surface area (Å²) >= 11 is 0. The third kappa shape index (κ3) is 5.71. The molecule has 8 heteroatoms. The lowest BCUT2D eigenvalue weighted by molar-refractivity contribution is -0.124. The zero-order valence-corrected chi connectivity index (χ0v) is 16.3. The van der Waals surface area contributed by atoms with Crippen molar-refractivity contribution in [1.29, 1.82) is 0 Å². The van der Waals surface area contributed by atoms with Gasteiger partial charge < -0.3 is 16.0 Å². The summed E-state index contributed by atoms with van der Waals surface area (Å²) in [5.41, 5.74) is 5.64. The Bertz CT molecular complexity index is 535. The molecule has 1 aliphatic carbocycles. The maximum Gasteiger partial charge on any atom is 0.234 e. The predicted molar refractivity (Wildman–Crippen MR) is 106 cm³/mol. The smallest absolute Gasteiger partial charge is 0.234 e. The van der Waals surface area contributed by atoms with E-state index < -0.39 is 0 Å². The number of anilines is 1. The lowest BCUT2D eigenvalue weighted by Crippen LogP contribution is -2.56. The maximum absolute atomic E-state index is 12.3. The molecule has 2 fully saturated rings. The number of nitrogens with zero attached hydrogens (tertiary/aromatic N) is 3. The first-order valence-electron chi connectivity index (χ1n) is 8.50. The molecule has 0 radical (unpaired) electrons. The Hall–Kier alpha value is -1.08. The molecule has 1 aromatic rings. The molecule has 1 amide bonds. The van der Waals surface area contributed by atoms with E-state index in [0.29, 0.717) is 19.0 Å². The SMILES string of the molecule is CC(CN)(NC(=O)CN1CCN(c2ccccn2)CC1)C1CC1.Cl.Cl. The minimum Gasteiger partial charge on any atom is -0.354 e. The number of nitrogens with two attached hydrogens (primary N) is 1. The molecular formula is C17H29Cl2N5O. The minimum absolute atomic E-state index is 0. The number of carbonyl (C=O) groups is 1. The van der Waals surface area contributed by atoms with Crippen molar-refractivity contribution in [2.75, 3.05) is 44.2 Å². The Morgan fingerprint density at radius 3 is 2.48 bits per heavy atom. The van der Waals surface area contributed by atoms with Crippen molar-refractivity contribution in [3.05, 3.63) is 24.4 Å². The summed E-state index contributed by atoms with van der Waals surface area (Å²) in [6.07, 6.45) is 4.17. The van der Waals surface area contributed by atoms with Crippen LogP contribution in [-0.4, -0.2) is 60.6 Å². The highest BCUT2D eigenvalue weighted by Crippen LogP contribution is 2.38. The molecule has 6 nitrogen and oxygen atoms in total. The average Bonchev–Trinajstić information content (AvgIpc) is 3.41. The van der Waals surface area contributed by atoms with Crippen molar-refractivity contribution in [1.82, 2.24) is 15.2 Å². The molecule has 25 heavy (non-hydrogen) atoms. The van der Waals surface area contributed by atoms with Crippen LogP contribution in [0.1, 0.15) is 19.8 Å². The topological polar surface area (TPSA) is 74.5 Å². The molecule has 1 aliphatic heterocycles. The van der Waals surface area contributed by atoms with Gasteiger partial charge in [0.25, 0.3) is 0 Å². The standard InChI is InChI=1S/C17H27N5O.2ClH/c1-17(13-18,14-5-6-14)20-16(23)12-21-8-10-22(11-9-21)15-4-2-3-7-19-15;;/h2-4,7,14H,5-6,8-13,18H2,1H3,(H,20,23);2*1H. The second kappa shape index (κ2) is 9.57. The van der Waals surface area contributed by atoms with Crippen molar-refractivity contribution in [3.8, 4) is 0 Å². The molecule has 0 aromatic carbocycles. The van der Waals surface area contributed by atoms with E-state index in [1.165, 1.54) is 12.8 Å². The van der Waals surface area contributed by atoms with Gasteiger partial charge in [-0.3, -0.25) is 9.69 Å². The highest BCUT2D eigenvalue weighted by molar-refractivity contribution is 5.85. The maximum atomic E-state index is 12.3. The predicted octanol–water partition coefficient (Wildman–Crippen LogP) is 1.29. The molecule has 1 atom stereocenters. The third-order valence-corrected chi connectivity index (χ3v) is 5.04. The van der Waals surface area contributed by atoms with E-state index in [-0.39, 0.29) is 36.3 Å². The van der Waals surface area contributed by atoms with Crippen molar-refractivity contribution < 1.29 is 4.79 Å². The number of hydrogen-bond acceptors (Lipinski definition) is 5. The third-order valence-electron chi connectivity index (χ3n) is 5.04. The van der Waals surface area contributed by atoms with Crippen LogP contribution in [0.3, 0.4) is 0 Å². The second-order valence-corrected chi connectivity index (χ2v) is 6.90. The van der Waals surface area contributed by atoms with Crippen LogP contribution < -0.4 is 16.0 Å². The fourth-order valence-electron chi connectivity index (χ4n) is 3.28. The summed E-state index contributed by atoms with van der Waals surface area (Å²) in [7, 11) is 0. The lowest BCUT2D eigenvalue weighted by Gasteiger charge is -2.36. The van der Waals surface area contributed by atoms with Crippen LogP contribution >= 0.6 is 24.8 Å². The van der Waals surface area contributed by atoms with Gasteiger partial charge in [-0.05, 0) is 37.8 Å². The number of piperazine rings is 1. The van der Waals surface area contributed by atoms with Gasteiger partial charge in [0.15, 0.2) is 0 Å². The Balaban J connectivity index is 0.00000156. The normalized spacial score (nSPS) is 20.0. The number of pyridine rings is 1. The second-order valence-electron chi connectivity index (χ2n) is 6.90. The van der Waals surface area contributed by atoms with Gasteiger partial charge in [0.05, 0.1) is 12.1 Å². The molecule has 2 aliphatic rings. The lowest BCUT2D eigenvalue weighted by atomic mass is 9.96. The van der Waals surface area contributed by atoms with Crippen molar-refractivity contribution in [2.24, 2.45) is 11.7 Å².